The van der Waals surface area contributed by atoms with Crippen molar-refractivity contribution < 1.29 is 4.42 Å². The molecule has 46 heavy (non-hydrogen) atoms. The summed E-state index contributed by atoms with van der Waals surface area (Å²) in [6, 6.07) is 63.4. The average Bonchev–Trinajstić information content (AvgIpc) is 3.59. The second-order valence-corrected chi connectivity index (χ2v) is 11.2. The van der Waals surface area contributed by atoms with E-state index in [1.807, 2.05) is 42.5 Å². The Morgan fingerprint density at radius 3 is 1.48 bits per heavy atom. The summed E-state index contributed by atoms with van der Waals surface area (Å²) in [6.07, 6.45) is 0. The van der Waals surface area contributed by atoms with Gasteiger partial charge in [-0.15, -0.1) is 0 Å². The van der Waals surface area contributed by atoms with Crippen LogP contribution in [0, 0.1) is 0 Å². The molecule has 0 saturated carbocycles. The lowest BCUT2D eigenvalue weighted by molar-refractivity contribution is 0.620. The Labute approximate surface area is 268 Å². The number of aromatic nitrogens is 1. The fourth-order valence-electron chi connectivity index (χ4n) is 6.01. The third-order valence-electron chi connectivity index (χ3n) is 8.32. The van der Waals surface area contributed by atoms with Crippen molar-refractivity contribution in [2.24, 2.45) is 0 Å². The van der Waals surface area contributed by atoms with Gasteiger partial charge in [-0.2, -0.15) is 0 Å². The van der Waals surface area contributed by atoms with E-state index in [1.54, 1.807) is 0 Å². The van der Waals surface area contributed by atoms with Gasteiger partial charge in [0, 0.05) is 28.2 Å². The first kappa shape index (κ1) is 27.4. The average molecular weight is 591 g/mol. The summed E-state index contributed by atoms with van der Waals surface area (Å²) in [7, 11) is 0. The van der Waals surface area contributed by atoms with E-state index in [9.17, 15) is 0 Å². The topological polar surface area (TPSA) is 29.3 Å². The van der Waals surface area contributed by atoms with Gasteiger partial charge < -0.3 is 9.32 Å². The molecule has 0 saturated heterocycles. The van der Waals surface area contributed by atoms with Crippen LogP contribution in [0.2, 0.25) is 0 Å². The highest BCUT2D eigenvalue weighted by Crippen LogP contribution is 2.38. The lowest BCUT2D eigenvalue weighted by Gasteiger charge is -2.26. The second kappa shape index (κ2) is 12.1. The molecule has 7 aromatic carbocycles. The minimum absolute atomic E-state index is 0.630. The van der Waals surface area contributed by atoms with E-state index in [0.717, 1.165) is 44.9 Å². The molecule has 0 aliphatic rings. The number of benzene rings is 7. The first-order valence-electron chi connectivity index (χ1n) is 15.5. The summed E-state index contributed by atoms with van der Waals surface area (Å²) >= 11 is 0. The van der Waals surface area contributed by atoms with Crippen LogP contribution < -0.4 is 4.90 Å². The summed E-state index contributed by atoms with van der Waals surface area (Å²) in [5.41, 5.74) is 12.8. The number of hydrogen-bond acceptors (Lipinski definition) is 3. The molecule has 218 valence electrons. The van der Waals surface area contributed by atoms with Gasteiger partial charge in [-0.05, 0) is 88.5 Å². The Kier molecular flexibility index (Phi) is 7.18. The minimum atomic E-state index is 0.630. The van der Waals surface area contributed by atoms with E-state index in [-0.39, 0.29) is 0 Å². The van der Waals surface area contributed by atoms with Crippen LogP contribution in [0.15, 0.2) is 186 Å². The molecule has 3 heteroatoms. The van der Waals surface area contributed by atoms with Crippen LogP contribution in [0.5, 0.6) is 0 Å². The molecule has 1 aromatic heterocycles. The molecule has 0 N–H and O–H groups in total. The van der Waals surface area contributed by atoms with Crippen LogP contribution in [0.25, 0.3) is 55.9 Å². The van der Waals surface area contributed by atoms with Crippen molar-refractivity contribution in [1.29, 1.82) is 0 Å². The number of para-hydroxylation sites is 2. The number of nitrogens with zero attached hydrogens (tertiary/aromatic N) is 2. The first-order chi connectivity index (χ1) is 22.8. The fraction of sp³-hybridized carbons (Fsp3) is 0. The first-order valence-corrected chi connectivity index (χ1v) is 15.5. The molecule has 0 fully saturated rings. The third-order valence-corrected chi connectivity index (χ3v) is 8.32. The van der Waals surface area contributed by atoms with Crippen molar-refractivity contribution in [3.05, 3.63) is 182 Å². The van der Waals surface area contributed by atoms with E-state index in [0.29, 0.717) is 5.89 Å². The molecule has 3 nitrogen and oxygen atoms in total. The Balaban J connectivity index is 1.13. The molecule has 0 aliphatic heterocycles. The van der Waals surface area contributed by atoms with Crippen LogP contribution in [0.4, 0.5) is 17.1 Å². The van der Waals surface area contributed by atoms with E-state index >= 15 is 0 Å². The molecule has 1 heterocycles. The lowest BCUT2D eigenvalue weighted by Crippen LogP contribution is -2.09. The smallest absolute Gasteiger partial charge is 0.227 e. The van der Waals surface area contributed by atoms with Crippen molar-refractivity contribution in [2.45, 2.75) is 0 Å². The Morgan fingerprint density at radius 2 is 0.848 bits per heavy atom. The fourth-order valence-corrected chi connectivity index (χ4v) is 6.01. The zero-order valence-electron chi connectivity index (χ0n) is 25.1. The van der Waals surface area contributed by atoms with Crippen molar-refractivity contribution in [2.75, 3.05) is 4.90 Å². The van der Waals surface area contributed by atoms with E-state index in [1.165, 1.54) is 22.3 Å². The van der Waals surface area contributed by atoms with E-state index < -0.39 is 0 Å². The molecule has 0 bridgehead atoms. The number of oxazole rings is 1. The molecular weight excluding hydrogens is 560 g/mol. The largest absolute Gasteiger partial charge is 0.436 e. The SMILES string of the molecule is c1ccc(-c2cccc(-c3ccc(N(c4ccccc4)c4ccc(-c5cccc6oc(-c7ccccc7)nc56)cc4)cc3)c2)cc1. The van der Waals surface area contributed by atoms with Crippen molar-refractivity contribution >= 4 is 28.2 Å². The highest BCUT2D eigenvalue weighted by atomic mass is 16.3. The van der Waals surface area contributed by atoms with Gasteiger partial charge in [0.05, 0.1) is 0 Å². The second-order valence-electron chi connectivity index (χ2n) is 11.2. The van der Waals surface area contributed by atoms with Gasteiger partial charge in [-0.25, -0.2) is 4.98 Å². The lowest BCUT2D eigenvalue weighted by atomic mass is 9.99. The van der Waals surface area contributed by atoms with Gasteiger partial charge in [0.2, 0.25) is 5.89 Å². The summed E-state index contributed by atoms with van der Waals surface area (Å²) in [6.45, 7) is 0. The highest BCUT2D eigenvalue weighted by Gasteiger charge is 2.16. The normalized spacial score (nSPS) is 11.0. The maximum absolute atomic E-state index is 6.15. The molecule has 0 unspecified atom stereocenters. The number of rotatable bonds is 7. The molecule has 0 radical (unpaired) electrons. The quantitative estimate of drug-likeness (QED) is 0.185. The third kappa shape index (κ3) is 5.36. The van der Waals surface area contributed by atoms with Crippen LogP contribution in [0.3, 0.4) is 0 Å². The van der Waals surface area contributed by atoms with E-state index in [4.69, 9.17) is 9.40 Å². The monoisotopic (exact) mass is 590 g/mol. The van der Waals surface area contributed by atoms with E-state index in [2.05, 4.69) is 144 Å². The molecule has 8 aromatic rings. The van der Waals surface area contributed by atoms with Crippen LogP contribution in [-0.2, 0) is 0 Å². The summed E-state index contributed by atoms with van der Waals surface area (Å²) in [5, 5.41) is 0. The Morgan fingerprint density at radius 1 is 0.370 bits per heavy atom. The van der Waals surface area contributed by atoms with Gasteiger partial charge in [0.1, 0.15) is 5.52 Å². The molecular formula is C43H30N2O. The Hall–Kier alpha value is -6.19. The van der Waals surface area contributed by atoms with Crippen LogP contribution in [0.1, 0.15) is 0 Å². The van der Waals surface area contributed by atoms with Gasteiger partial charge in [0.25, 0.3) is 0 Å². The standard InChI is InChI=1S/C43H30N2O/c1-4-12-31(13-5-1)35-16-10-17-36(30-35)32-22-26-38(27-23-32)45(37-18-8-3-9-19-37)39-28-24-33(25-29-39)40-20-11-21-41-42(40)44-43(46-41)34-14-6-2-7-15-34/h1-30H. The van der Waals surface area contributed by atoms with Crippen LogP contribution in [-0.4, -0.2) is 4.98 Å². The van der Waals surface area contributed by atoms with Gasteiger partial charge in [-0.3, -0.25) is 0 Å². The Bertz CT molecular complexity index is 2220. The zero-order chi connectivity index (χ0) is 30.7. The molecule has 0 spiro atoms. The van der Waals surface area contributed by atoms with Crippen molar-refractivity contribution in [3.8, 4) is 44.8 Å². The summed E-state index contributed by atoms with van der Waals surface area (Å²) < 4.78 is 6.15. The van der Waals surface area contributed by atoms with Gasteiger partial charge in [0.15, 0.2) is 5.58 Å². The minimum Gasteiger partial charge on any atom is -0.436 e. The van der Waals surface area contributed by atoms with Crippen molar-refractivity contribution in [1.82, 2.24) is 4.98 Å². The summed E-state index contributed by atoms with van der Waals surface area (Å²) in [5.74, 6) is 0.630. The molecule has 0 atom stereocenters. The molecule has 0 aliphatic carbocycles. The highest BCUT2D eigenvalue weighted by molar-refractivity contribution is 5.92. The van der Waals surface area contributed by atoms with Gasteiger partial charge in [-0.1, -0.05) is 121 Å². The van der Waals surface area contributed by atoms with Gasteiger partial charge >= 0.3 is 0 Å². The summed E-state index contributed by atoms with van der Waals surface area (Å²) in [4.78, 5) is 7.18. The predicted octanol–water partition coefficient (Wildman–Crippen LogP) is 12.0. The van der Waals surface area contributed by atoms with Crippen molar-refractivity contribution in [3.63, 3.8) is 0 Å². The number of anilines is 3. The molecule has 0 amide bonds. The maximum Gasteiger partial charge on any atom is 0.227 e. The predicted molar refractivity (Wildman–Crippen MR) is 190 cm³/mol. The number of hydrogen-bond donors (Lipinski definition) is 0. The molecule has 8 rings (SSSR count). The van der Waals surface area contributed by atoms with Crippen LogP contribution >= 0.6 is 0 Å². The zero-order valence-corrected chi connectivity index (χ0v) is 25.1. The maximum atomic E-state index is 6.15. The number of fused-ring (bicyclic) bond motifs is 1.